The number of carbonyl (C=O) groups is 2. The molecule has 19 heavy (non-hydrogen) atoms. The van der Waals surface area contributed by atoms with Crippen molar-refractivity contribution in [3.05, 3.63) is 28.6 Å². The summed E-state index contributed by atoms with van der Waals surface area (Å²) in [6.45, 7) is 3.22. The number of carboxylic acids is 1. The van der Waals surface area contributed by atoms with E-state index >= 15 is 0 Å². The molecule has 1 atom stereocenters. The van der Waals surface area contributed by atoms with Gasteiger partial charge in [0.2, 0.25) is 0 Å². The monoisotopic (exact) mass is 297 g/mol. The summed E-state index contributed by atoms with van der Waals surface area (Å²) < 4.78 is 5.60. The van der Waals surface area contributed by atoms with E-state index in [1.165, 1.54) is 6.92 Å². The van der Waals surface area contributed by atoms with Crippen molar-refractivity contribution in [2.24, 2.45) is 0 Å². The molecule has 2 rings (SSSR count). The van der Waals surface area contributed by atoms with E-state index in [0.717, 1.165) is 22.4 Å². The van der Waals surface area contributed by atoms with Crippen LogP contribution in [0.1, 0.15) is 18.4 Å². The molecule has 1 fully saturated rings. The molecule has 1 aromatic rings. The van der Waals surface area contributed by atoms with Crippen LogP contribution in [0.4, 0.5) is 0 Å². The molecule has 1 amide bonds. The van der Waals surface area contributed by atoms with Gasteiger partial charge in [0.25, 0.3) is 5.91 Å². The second-order valence-electron chi connectivity index (χ2n) is 4.01. The van der Waals surface area contributed by atoms with Crippen LogP contribution in [-0.2, 0) is 9.59 Å². The van der Waals surface area contributed by atoms with Crippen LogP contribution in [0.25, 0.3) is 6.08 Å². The molecule has 1 aliphatic heterocycles. The first kappa shape index (κ1) is 13.8. The van der Waals surface area contributed by atoms with Gasteiger partial charge in [0.1, 0.15) is 21.9 Å². The third-order valence-electron chi connectivity index (χ3n) is 2.60. The zero-order chi connectivity index (χ0) is 14.2. The number of aryl methyl sites for hydroxylation is 1. The van der Waals surface area contributed by atoms with E-state index < -0.39 is 17.9 Å². The quantitative estimate of drug-likeness (QED) is 0.681. The van der Waals surface area contributed by atoms with Gasteiger partial charge in [-0.05, 0) is 26.0 Å². The molecule has 5 nitrogen and oxygen atoms in total. The van der Waals surface area contributed by atoms with Crippen LogP contribution in [0.5, 0.6) is 0 Å². The van der Waals surface area contributed by atoms with Gasteiger partial charge in [-0.2, -0.15) is 0 Å². The van der Waals surface area contributed by atoms with Crippen molar-refractivity contribution in [2.45, 2.75) is 19.9 Å². The number of rotatable bonds is 3. The third kappa shape index (κ3) is 2.71. The molecular formula is C12H11NO4S2. The van der Waals surface area contributed by atoms with Gasteiger partial charge < -0.3 is 9.52 Å². The number of thioether (sulfide) groups is 1. The van der Waals surface area contributed by atoms with Crippen molar-refractivity contribution in [1.82, 2.24) is 4.90 Å². The predicted molar refractivity (Wildman–Crippen MR) is 75.6 cm³/mol. The molecule has 0 radical (unpaired) electrons. The molecule has 0 aliphatic carbocycles. The first-order valence-corrected chi connectivity index (χ1v) is 6.69. The zero-order valence-corrected chi connectivity index (χ0v) is 11.9. The average Bonchev–Trinajstić information content (AvgIpc) is 2.84. The Kier molecular flexibility index (Phi) is 3.77. The normalized spacial score (nSPS) is 19.3. The number of thiocarbonyl (C=S) groups is 1. The summed E-state index contributed by atoms with van der Waals surface area (Å²) in [6, 6.07) is 2.55. The van der Waals surface area contributed by atoms with E-state index in [0.29, 0.717) is 10.7 Å². The highest BCUT2D eigenvalue weighted by molar-refractivity contribution is 8.26. The molecular weight excluding hydrogens is 286 g/mol. The van der Waals surface area contributed by atoms with Crippen molar-refractivity contribution < 1.29 is 19.1 Å². The highest BCUT2D eigenvalue weighted by Gasteiger charge is 2.38. The lowest BCUT2D eigenvalue weighted by Crippen LogP contribution is -2.41. The van der Waals surface area contributed by atoms with Crippen LogP contribution >= 0.6 is 24.0 Å². The predicted octanol–water partition coefficient (Wildman–Crippen LogP) is 2.26. The van der Waals surface area contributed by atoms with Gasteiger partial charge in [0, 0.05) is 6.08 Å². The summed E-state index contributed by atoms with van der Waals surface area (Å²) in [6.07, 6.45) is 1.57. The Morgan fingerprint density at radius 1 is 1.58 bits per heavy atom. The van der Waals surface area contributed by atoms with Gasteiger partial charge in [-0.3, -0.25) is 9.69 Å². The second-order valence-corrected chi connectivity index (χ2v) is 5.69. The molecule has 0 spiro atoms. The topological polar surface area (TPSA) is 70.8 Å². The van der Waals surface area contributed by atoms with Crippen LogP contribution in [0.15, 0.2) is 21.5 Å². The summed E-state index contributed by atoms with van der Waals surface area (Å²) in [5.74, 6) is -0.216. The fourth-order valence-corrected chi connectivity index (χ4v) is 2.98. The fraction of sp³-hybridized carbons (Fsp3) is 0.250. The second kappa shape index (κ2) is 5.18. The highest BCUT2D eigenvalue weighted by Crippen LogP contribution is 2.34. The molecule has 7 heteroatoms. The van der Waals surface area contributed by atoms with E-state index in [9.17, 15) is 9.59 Å². The number of amides is 1. The first-order valence-electron chi connectivity index (χ1n) is 5.46. The Morgan fingerprint density at radius 2 is 2.26 bits per heavy atom. The smallest absolute Gasteiger partial charge is 0.326 e. The number of hydrogen-bond donors (Lipinski definition) is 1. The van der Waals surface area contributed by atoms with Crippen molar-refractivity contribution in [1.29, 1.82) is 0 Å². The van der Waals surface area contributed by atoms with Crippen LogP contribution in [0.2, 0.25) is 0 Å². The third-order valence-corrected chi connectivity index (χ3v) is 3.93. The number of aliphatic carboxylic acids is 1. The Balaban J connectivity index is 2.27. The molecule has 0 bridgehead atoms. The van der Waals surface area contributed by atoms with E-state index in [1.54, 1.807) is 25.1 Å². The zero-order valence-electron chi connectivity index (χ0n) is 10.2. The van der Waals surface area contributed by atoms with Crippen LogP contribution in [-0.4, -0.2) is 32.2 Å². The van der Waals surface area contributed by atoms with E-state index in [1.807, 2.05) is 0 Å². The van der Waals surface area contributed by atoms with Gasteiger partial charge in [-0.25, -0.2) is 4.79 Å². The highest BCUT2D eigenvalue weighted by atomic mass is 32.2. The van der Waals surface area contributed by atoms with E-state index in [2.05, 4.69) is 0 Å². The number of hydrogen-bond acceptors (Lipinski definition) is 5. The average molecular weight is 297 g/mol. The Bertz CT molecular complexity index is 590. The molecule has 1 N–H and O–H groups in total. The summed E-state index contributed by atoms with van der Waals surface area (Å²) in [7, 11) is 0. The van der Waals surface area contributed by atoms with Gasteiger partial charge in [-0.1, -0.05) is 24.0 Å². The molecule has 100 valence electrons. The molecule has 0 saturated carbocycles. The van der Waals surface area contributed by atoms with Gasteiger partial charge in [-0.15, -0.1) is 0 Å². The van der Waals surface area contributed by atoms with Gasteiger partial charge in [0.15, 0.2) is 0 Å². The van der Waals surface area contributed by atoms with Crippen molar-refractivity contribution >= 4 is 46.3 Å². The van der Waals surface area contributed by atoms with E-state index in [-0.39, 0.29) is 4.32 Å². The minimum atomic E-state index is -1.09. The van der Waals surface area contributed by atoms with Crippen LogP contribution in [0.3, 0.4) is 0 Å². The van der Waals surface area contributed by atoms with E-state index in [4.69, 9.17) is 21.7 Å². The lowest BCUT2D eigenvalue weighted by Gasteiger charge is -2.18. The standard InChI is InChI=1S/C12H11NO4S2/c1-6-3-4-8(17-6)5-9-10(14)13(12(18)19-9)7(2)11(15)16/h3-5,7H,1-2H3,(H,15,16)/b9-5+/t7-/m1/s1. The maximum atomic E-state index is 12.1. The molecule has 1 aliphatic rings. The molecule has 1 saturated heterocycles. The Labute approximate surface area is 119 Å². The Hall–Kier alpha value is -1.60. The lowest BCUT2D eigenvalue weighted by atomic mass is 10.3. The van der Waals surface area contributed by atoms with Crippen LogP contribution < -0.4 is 0 Å². The van der Waals surface area contributed by atoms with Crippen molar-refractivity contribution in [2.75, 3.05) is 0 Å². The number of nitrogens with zero attached hydrogens (tertiary/aromatic N) is 1. The molecule has 0 aromatic carbocycles. The SMILES string of the molecule is Cc1ccc(/C=C2/SC(=S)N([C@H](C)C(=O)O)C2=O)o1. The number of carboxylic acid groups (broad SMARTS) is 1. The largest absolute Gasteiger partial charge is 0.480 e. The fourth-order valence-electron chi connectivity index (χ4n) is 1.58. The minimum absolute atomic E-state index is 0.245. The maximum absolute atomic E-state index is 12.1. The van der Waals surface area contributed by atoms with Gasteiger partial charge >= 0.3 is 5.97 Å². The summed E-state index contributed by atoms with van der Waals surface area (Å²) in [5.41, 5.74) is 0. The van der Waals surface area contributed by atoms with Crippen molar-refractivity contribution in [3.63, 3.8) is 0 Å². The van der Waals surface area contributed by atoms with Crippen LogP contribution in [0, 0.1) is 6.92 Å². The van der Waals surface area contributed by atoms with Crippen molar-refractivity contribution in [3.8, 4) is 0 Å². The maximum Gasteiger partial charge on any atom is 0.326 e. The lowest BCUT2D eigenvalue weighted by molar-refractivity contribution is -0.144. The summed E-state index contributed by atoms with van der Waals surface area (Å²) >= 11 is 6.12. The number of furan rings is 1. The molecule has 0 unspecified atom stereocenters. The summed E-state index contributed by atoms with van der Waals surface area (Å²) in [5, 5.41) is 8.96. The summed E-state index contributed by atoms with van der Waals surface area (Å²) in [4.78, 5) is 24.5. The molecule has 1 aromatic heterocycles. The molecule has 2 heterocycles. The minimum Gasteiger partial charge on any atom is -0.480 e. The number of carbonyl (C=O) groups excluding carboxylic acids is 1. The Morgan fingerprint density at radius 3 is 2.79 bits per heavy atom. The van der Waals surface area contributed by atoms with Gasteiger partial charge in [0.05, 0.1) is 4.91 Å². The first-order chi connectivity index (χ1) is 8.90.